The van der Waals surface area contributed by atoms with Gasteiger partial charge >= 0.3 is 0 Å². The third kappa shape index (κ3) is 3.79. The van der Waals surface area contributed by atoms with Crippen LogP contribution in [-0.4, -0.2) is 41.9 Å². The molecule has 0 bridgehead atoms. The molecule has 9 nitrogen and oxygen atoms in total. The lowest BCUT2D eigenvalue weighted by atomic mass is 10.2. The fourth-order valence-corrected chi connectivity index (χ4v) is 3.05. The van der Waals surface area contributed by atoms with Crippen LogP contribution in [0.25, 0.3) is 16.3 Å². The number of aryl methyl sites for hydroxylation is 1. The molecule has 4 aromatic rings. The topological polar surface area (TPSA) is 107 Å². The molecular formula is C15H16N8OS. The fourth-order valence-electron chi connectivity index (χ4n) is 2.40. The van der Waals surface area contributed by atoms with Crippen LogP contribution in [0.15, 0.2) is 34.2 Å². The van der Waals surface area contributed by atoms with Crippen LogP contribution in [0, 0.1) is 0 Å². The average molecular weight is 356 g/mol. The number of aromatic nitrogens is 7. The first-order valence-corrected chi connectivity index (χ1v) is 8.92. The zero-order valence-corrected chi connectivity index (χ0v) is 14.2. The molecule has 0 unspecified atom stereocenters. The lowest BCUT2D eigenvalue weighted by molar-refractivity contribution is 0.374. The molecule has 0 atom stereocenters. The maximum absolute atomic E-state index is 5.30. The molecule has 4 rings (SSSR count). The number of nitrogens with one attached hydrogen (secondary N) is 1. The third-order valence-corrected chi connectivity index (χ3v) is 4.52. The van der Waals surface area contributed by atoms with Gasteiger partial charge in [-0.3, -0.25) is 0 Å². The Kier molecular flexibility index (Phi) is 4.59. The molecule has 10 heteroatoms. The maximum atomic E-state index is 5.30. The zero-order chi connectivity index (χ0) is 16.9. The van der Waals surface area contributed by atoms with Crippen molar-refractivity contribution in [3.63, 3.8) is 0 Å². The van der Waals surface area contributed by atoms with Gasteiger partial charge in [-0.2, -0.15) is 4.98 Å². The Morgan fingerprint density at radius 2 is 2.16 bits per heavy atom. The highest BCUT2D eigenvalue weighted by Crippen LogP contribution is 2.21. The Bertz CT molecular complexity index is 932. The van der Waals surface area contributed by atoms with Crippen LogP contribution in [-0.2, 0) is 6.42 Å². The number of fused-ring (bicyclic) bond motifs is 1. The molecule has 4 aromatic heterocycles. The monoisotopic (exact) mass is 356 g/mol. The molecular weight excluding hydrogens is 340 g/mol. The first kappa shape index (κ1) is 15.6. The van der Waals surface area contributed by atoms with Crippen molar-refractivity contribution in [2.24, 2.45) is 0 Å². The highest BCUT2D eigenvalue weighted by atomic mass is 32.1. The van der Waals surface area contributed by atoms with Crippen molar-refractivity contribution in [2.45, 2.75) is 25.7 Å². The third-order valence-electron chi connectivity index (χ3n) is 3.65. The molecule has 0 aliphatic carbocycles. The van der Waals surface area contributed by atoms with E-state index >= 15 is 0 Å². The molecule has 0 radical (unpaired) electrons. The summed E-state index contributed by atoms with van der Waals surface area (Å²) in [7, 11) is 0. The normalized spacial score (nSPS) is 11.2. The van der Waals surface area contributed by atoms with E-state index in [1.807, 2.05) is 29.6 Å². The summed E-state index contributed by atoms with van der Waals surface area (Å²) in [6.45, 7) is 0.838. The molecule has 4 heterocycles. The predicted octanol–water partition coefficient (Wildman–Crippen LogP) is 2.46. The number of hydrogen-bond donors (Lipinski definition) is 1. The van der Waals surface area contributed by atoms with Gasteiger partial charge in [-0.15, -0.1) is 26.2 Å². The van der Waals surface area contributed by atoms with Crippen LogP contribution in [0.4, 0.5) is 5.82 Å². The largest absolute Gasteiger partial charge is 0.369 e. The molecule has 0 saturated heterocycles. The minimum atomic E-state index is 0.632. The van der Waals surface area contributed by atoms with Gasteiger partial charge in [-0.1, -0.05) is 17.6 Å². The average Bonchev–Trinajstić information content (AvgIpc) is 3.38. The van der Waals surface area contributed by atoms with Crippen molar-refractivity contribution < 1.29 is 4.52 Å². The zero-order valence-electron chi connectivity index (χ0n) is 13.4. The van der Waals surface area contributed by atoms with Crippen LogP contribution in [0.2, 0.25) is 0 Å². The van der Waals surface area contributed by atoms with Gasteiger partial charge in [-0.25, -0.2) is 0 Å². The molecule has 25 heavy (non-hydrogen) atoms. The standard InChI is InChI=1S/C15H16N8OS/c1(2-6-14-17-15(20-24-14)11-5-4-10-25-11)3-9-16-12-7-8-13-18-21-22-23(13)19-12/h4-5,7-8,10H,1-3,6,9H2,(H,16,19). The SMILES string of the molecule is c1csc(-c2noc(CCCCCNc3ccc4nnnn4n3)n2)c1. The molecule has 128 valence electrons. The number of tetrazole rings is 1. The lowest BCUT2D eigenvalue weighted by Crippen LogP contribution is -2.06. The van der Waals surface area contributed by atoms with Gasteiger partial charge in [0.05, 0.1) is 4.88 Å². The number of unbranched alkanes of at least 4 members (excludes halogenated alkanes) is 2. The molecule has 0 fully saturated rings. The first-order valence-electron chi connectivity index (χ1n) is 8.04. The summed E-state index contributed by atoms with van der Waals surface area (Å²) in [5.74, 6) is 2.13. The van der Waals surface area contributed by atoms with E-state index in [4.69, 9.17) is 4.52 Å². The highest BCUT2D eigenvalue weighted by Gasteiger charge is 2.08. The summed E-state index contributed by atoms with van der Waals surface area (Å²) in [5.41, 5.74) is 0.632. The minimum Gasteiger partial charge on any atom is -0.369 e. The van der Waals surface area contributed by atoms with Gasteiger partial charge in [0.15, 0.2) is 5.65 Å². The fraction of sp³-hybridized carbons (Fsp3) is 0.333. The summed E-state index contributed by atoms with van der Waals surface area (Å²) in [6, 6.07) is 7.67. The highest BCUT2D eigenvalue weighted by molar-refractivity contribution is 7.13. The summed E-state index contributed by atoms with van der Waals surface area (Å²) in [5, 5.41) is 24.7. The molecule has 0 aliphatic rings. The Hall–Kier alpha value is -2.88. The van der Waals surface area contributed by atoms with Crippen molar-refractivity contribution in [1.29, 1.82) is 0 Å². The van der Waals surface area contributed by atoms with Crippen LogP contribution in [0.5, 0.6) is 0 Å². The van der Waals surface area contributed by atoms with Crippen LogP contribution < -0.4 is 5.32 Å². The molecule has 0 spiro atoms. The molecule has 0 amide bonds. The first-order chi connectivity index (χ1) is 12.4. The van der Waals surface area contributed by atoms with Gasteiger partial charge in [0.25, 0.3) is 0 Å². The summed E-state index contributed by atoms with van der Waals surface area (Å²) >= 11 is 1.61. The van der Waals surface area contributed by atoms with Gasteiger partial charge < -0.3 is 9.84 Å². The van der Waals surface area contributed by atoms with Crippen LogP contribution in [0.1, 0.15) is 25.2 Å². The molecule has 1 N–H and O–H groups in total. The van der Waals surface area contributed by atoms with E-state index in [-0.39, 0.29) is 0 Å². The molecule has 0 aromatic carbocycles. The molecule has 0 saturated carbocycles. The van der Waals surface area contributed by atoms with E-state index in [0.29, 0.717) is 17.4 Å². The van der Waals surface area contributed by atoms with Crippen molar-refractivity contribution in [1.82, 2.24) is 35.4 Å². The van der Waals surface area contributed by atoms with E-state index < -0.39 is 0 Å². The second-order valence-electron chi connectivity index (χ2n) is 5.47. The van der Waals surface area contributed by atoms with E-state index in [0.717, 1.165) is 42.9 Å². The van der Waals surface area contributed by atoms with Crippen molar-refractivity contribution in [3.05, 3.63) is 35.5 Å². The number of rotatable bonds is 8. The van der Waals surface area contributed by atoms with Gasteiger partial charge in [0, 0.05) is 13.0 Å². The van der Waals surface area contributed by atoms with E-state index in [9.17, 15) is 0 Å². The summed E-state index contributed by atoms with van der Waals surface area (Å²) in [4.78, 5) is 5.46. The number of anilines is 1. The summed E-state index contributed by atoms with van der Waals surface area (Å²) in [6.07, 6.45) is 3.90. The Morgan fingerprint density at radius 3 is 3.08 bits per heavy atom. The maximum Gasteiger partial charge on any atom is 0.226 e. The van der Waals surface area contributed by atoms with Crippen LogP contribution in [0.3, 0.4) is 0 Å². The van der Waals surface area contributed by atoms with Crippen molar-refractivity contribution in [3.8, 4) is 10.7 Å². The quantitative estimate of drug-likeness (QED) is 0.480. The Balaban J connectivity index is 1.17. The second-order valence-corrected chi connectivity index (χ2v) is 6.42. The van der Waals surface area contributed by atoms with E-state index in [1.54, 1.807) is 11.3 Å². The Labute approximate surface area is 147 Å². The van der Waals surface area contributed by atoms with Gasteiger partial charge in [0.2, 0.25) is 11.7 Å². The lowest BCUT2D eigenvalue weighted by Gasteiger charge is -2.04. The van der Waals surface area contributed by atoms with E-state index in [1.165, 1.54) is 4.63 Å². The summed E-state index contributed by atoms with van der Waals surface area (Å²) < 4.78 is 6.70. The van der Waals surface area contributed by atoms with Crippen LogP contribution >= 0.6 is 11.3 Å². The number of nitrogens with zero attached hydrogens (tertiary/aromatic N) is 7. The van der Waals surface area contributed by atoms with E-state index in [2.05, 4.69) is 36.1 Å². The van der Waals surface area contributed by atoms with Crippen molar-refractivity contribution in [2.75, 3.05) is 11.9 Å². The van der Waals surface area contributed by atoms with Crippen molar-refractivity contribution >= 4 is 22.8 Å². The predicted molar refractivity (Wildman–Crippen MR) is 92.2 cm³/mol. The minimum absolute atomic E-state index is 0.632. The second kappa shape index (κ2) is 7.34. The Morgan fingerprint density at radius 1 is 1.16 bits per heavy atom. The smallest absolute Gasteiger partial charge is 0.226 e. The van der Waals surface area contributed by atoms with Gasteiger partial charge in [0.1, 0.15) is 5.82 Å². The van der Waals surface area contributed by atoms with Gasteiger partial charge in [-0.05, 0) is 46.8 Å². The molecule has 0 aliphatic heterocycles. The number of hydrogen-bond acceptors (Lipinski definition) is 9. The number of thiophene rings is 1.